The van der Waals surface area contributed by atoms with Crippen LogP contribution in [0.4, 0.5) is 0 Å². The molecule has 6 atom stereocenters. The molecule has 1 nitrogen and oxygen atoms in total. The third kappa shape index (κ3) is 1.21. The van der Waals surface area contributed by atoms with Crippen LogP contribution < -0.4 is 0 Å². The number of aromatic amines is 1. The van der Waals surface area contributed by atoms with E-state index in [9.17, 15) is 0 Å². The molecule has 0 aliphatic heterocycles. The lowest BCUT2D eigenvalue weighted by Crippen LogP contribution is -2.73. The third-order valence-electron chi connectivity index (χ3n) is 10.3. The fraction of sp³-hybridized carbons (Fsp3) is 0.357. The molecular weight excluding hydrogens is 350 g/mol. The molecule has 0 radical (unpaired) electrons. The van der Waals surface area contributed by atoms with Gasteiger partial charge in [-0.15, -0.1) is 0 Å². The van der Waals surface area contributed by atoms with Crippen molar-refractivity contribution in [3.63, 3.8) is 0 Å². The average molecular weight is 373 g/mol. The first kappa shape index (κ1) is 14.4. The first-order valence-corrected chi connectivity index (χ1v) is 11.5. The van der Waals surface area contributed by atoms with E-state index < -0.39 is 0 Å². The van der Waals surface area contributed by atoms with Gasteiger partial charge in [0.1, 0.15) is 0 Å². The second-order valence-corrected chi connectivity index (χ2v) is 10.7. The van der Waals surface area contributed by atoms with Gasteiger partial charge in [0, 0.05) is 27.2 Å². The van der Waals surface area contributed by atoms with Crippen molar-refractivity contribution in [1.29, 1.82) is 0 Å². The Morgan fingerprint density at radius 1 is 0.759 bits per heavy atom. The Morgan fingerprint density at radius 2 is 1.62 bits per heavy atom. The molecule has 4 aromatic rings. The number of hydrogen-bond donors (Lipinski definition) is 1. The van der Waals surface area contributed by atoms with Crippen molar-refractivity contribution in [2.75, 3.05) is 0 Å². The number of para-hydroxylation sites is 1. The second kappa shape index (κ2) is 4.17. The van der Waals surface area contributed by atoms with Gasteiger partial charge in [-0.05, 0) is 89.2 Å². The van der Waals surface area contributed by atoms with E-state index in [1.54, 1.807) is 11.1 Å². The smallest absolute Gasteiger partial charge is 0.0468 e. The molecular formula is C28H23N. The van der Waals surface area contributed by atoms with E-state index in [1.807, 2.05) is 0 Å². The largest absolute Gasteiger partial charge is 0.355 e. The summed E-state index contributed by atoms with van der Waals surface area (Å²) in [6.07, 6.45) is 6.02. The summed E-state index contributed by atoms with van der Waals surface area (Å²) in [6.45, 7) is 0. The van der Waals surface area contributed by atoms with Gasteiger partial charge in [-0.1, -0.05) is 48.5 Å². The molecule has 9 rings (SSSR count). The number of aromatic nitrogens is 1. The standard InChI is InChI=1S/C28H23N/c1-3-7-20-17(5-1)18-9-10-22-25(19-6-2-4-8-21(19)29-22)26(18)28(20)23-12-15-11-16-13-24(28)27(16,23)14-15/h1-10,15-16,23-24,29H,11-14H2. The van der Waals surface area contributed by atoms with Gasteiger partial charge in [-0.3, -0.25) is 0 Å². The maximum Gasteiger partial charge on any atom is 0.0468 e. The zero-order chi connectivity index (χ0) is 18.5. The summed E-state index contributed by atoms with van der Waals surface area (Å²) in [5, 5.41) is 2.95. The number of fused-ring (bicyclic) bond motifs is 12. The van der Waals surface area contributed by atoms with Crippen molar-refractivity contribution in [2.24, 2.45) is 29.1 Å². The SMILES string of the molecule is c1ccc2c(c1)-c1ccc3[nH]c4ccccc4c3c1C21C2CC3CC4CC1C42C3. The molecule has 6 unspecified atom stereocenters. The molecule has 4 saturated carbocycles. The molecule has 4 fully saturated rings. The van der Waals surface area contributed by atoms with Crippen LogP contribution in [0.1, 0.15) is 36.8 Å². The maximum absolute atomic E-state index is 3.74. The number of rotatable bonds is 0. The van der Waals surface area contributed by atoms with Gasteiger partial charge in [-0.25, -0.2) is 0 Å². The molecule has 1 N–H and O–H groups in total. The zero-order valence-corrected chi connectivity index (χ0v) is 16.4. The normalized spacial score (nSPS) is 39.4. The van der Waals surface area contributed by atoms with E-state index in [2.05, 4.69) is 65.6 Å². The van der Waals surface area contributed by atoms with Crippen LogP contribution in [0.5, 0.6) is 0 Å². The first-order chi connectivity index (χ1) is 14.3. The highest BCUT2D eigenvalue weighted by molar-refractivity contribution is 6.13. The lowest BCUT2D eigenvalue weighted by molar-refractivity contribution is -0.231. The minimum Gasteiger partial charge on any atom is -0.355 e. The molecule has 2 spiro atoms. The van der Waals surface area contributed by atoms with E-state index in [1.165, 1.54) is 58.6 Å². The molecule has 1 aromatic heterocycles. The summed E-state index contributed by atoms with van der Waals surface area (Å²) >= 11 is 0. The quantitative estimate of drug-likeness (QED) is 0.355. The minimum absolute atomic E-state index is 0.280. The van der Waals surface area contributed by atoms with Crippen LogP contribution in [-0.2, 0) is 5.41 Å². The van der Waals surface area contributed by atoms with Crippen LogP contribution in [0.3, 0.4) is 0 Å². The predicted octanol–water partition coefficient (Wildman–Crippen LogP) is 6.65. The number of H-pyrrole nitrogens is 1. The summed E-state index contributed by atoms with van der Waals surface area (Å²) in [7, 11) is 0. The van der Waals surface area contributed by atoms with Gasteiger partial charge < -0.3 is 4.98 Å². The molecule has 2 bridgehead atoms. The summed E-state index contributed by atoms with van der Waals surface area (Å²) in [5.41, 5.74) is 10.0. The van der Waals surface area contributed by atoms with E-state index in [-0.39, 0.29) is 5.41 Å². The maximum atomic E-state index is 3.74. The minimum atomic E-state index is 0.280. The summed E-state index contributed by atoms with van der Waals surface area (Å²) in [5.74, 6) is 3.80. The Hall–Kier alpha value is -2.54. The van der Waals surface area contributed by atoms with Gasteiger partial charge in [0.15, 0.2) is 0 Å². The van der Waals surface area contributed by atoms with Crippen molar-refractivity contribution in [2.45, 2.75) is 31.1 Å². The average Bonchev–Trinajstić information content (AvgIpc) is 3.45. The molecule has 29 heavy (non-hydrogen) atoms. The Balaban J connectivity index is 1.47. The first-order valence-electron chi connectivity index (χ1n) is 11.5. The van der Waals surface area contributed by atoms with E-state index in [4.69, 9.17) is 0 Å². The van der Waals surface area contributed by atoms with Gasteiger partial charge in [0.05, 0.1) is 0 Å². The molecule has 140 valence electrons. The highest BCUT2D eigenvalue weighted by atomic mass is 14.9. The van der Waals surface area contributed by atoms with Crippen LogP contribution in [0.15, 0.2) is 60.7 Å². The monoisotopic (exact) mass is 373 g/mol. The van der Waals surface area contributed by atoms with Crippen LogP contribution >= 0.6 is 0 Å². The highest BCUT2D eigenvalue weighted by Gasteiger charge is 2.84. The van der Waals surface area contributed by atoms with Gasteiger partial charge in [-0.2, -0.15) is 0 Å². The molecule has 5 aliphatic rings. The molecule has 0 saturated heterocycles. The van der Waals surface area contributed by atoms with Crippen molar-refractivity contribution < 1.29 is 0 Å². The van der Waals surface area contributed by atoms with Crippen LogP contribution in [-0.4, -0.2) is 4.98 Å². The van der Waals surface area contributed by atoms with Gasteiger partial charge in [0.2, 0.25) is 0 Å². The van der Waals surface area contributed by atoms with Crippen molar-refractivity contribution in [1.82, 2.24) is 4.98 Å². The van der Waals surface area contributed by atoms with E-state index in [0.29, 0.717) is 5.41 Å². The van der Waals surface area contributed by atoms with Gasteiger partial charge in [0.25, 0.3) is 0 Å². The molecule has 1 heterocycles. The summed E-state index contributed by atoms with van der Waals surface area (Å²) in [6, 6.07) is 23.2. The van der Waals surface area contributed by atoms with Crippen molar-refractivity contribution >= 4 is 21.8 Å². The number of benzene rings is 3. The molecule has 3 aromatic carbocycles. The van der Waals surface area contributed by atoms with Gasteiger partial charge >= 0.3 is 0 Å². The topological polar surface area (TPSA) is 15.8 Å². The lowest BCUT2D eigenvalue weighted by Gasteiger charge is -2.76. The number of nitrogens with one attached hydrogen (secondary N) is 1. The molecule has 5 aliphatic carbocycles. The molecule has 1 heteroatoms. The Morgan fingerprint density at radius 3 is 2.59 bits per heavy atom. The Kier molecular flexibility index (Phi) is 2.08. The molecule has 0 amide bonds. The fourth-order valence-corrected chi connectivity index (χ4v) is 9.76. The zero-order valence-electron chi connectivity index (χ0n) is 16.4. The second-order valence-electron chi connectivity index (χ2n) is 10.7. The Bertz CT molecular complexity index is 1410. The summed E-state index contributed by atoms with van der Waals surface area (Å²) in [4.78, 5) is 3.74. The predicted molar refractivity (Wildman–Crippen MR) is 117 cm³/mol. The van der Waals surface area contributed by atoms with Crippen LogP contribution in [0.2, 0.25) is 0 Å². The summed E-state index contributed by atoms with van der Waals surface area (Å²) < 4.78 is 0. The van der Waals surface area contributed by atoms with Crippen LogP contribution in [0, 0.1) is 29.1 Å². The van der Waals surface area contributed by atoms with Crippen LogP contribution in [0.25, 0.3) is 32.9 Å². The Labute approximate surface area is 170 Å². The fourth-order valence-electron chi connectivity index (χ4n) is 9.76. The van der Waals surface area contributed by atoms with Crippen molar-refractivity contribution in [3.8, 4) is 11.1 Å². The van der Waals surface area contributed by atoms with E-state index in [0.717, 1.165) is 23.7 Å². The van der Waals surface area contributed by atoms with E-state index >= 15 is 0 Å². The van der Waals surface area contributed by atoms with Crippen molar-refractivity contribution in [3.05, 3.63) is 71.8 Å². The number of hydrogen-bond acceptors (Lipinski definition) is 0. The highest BCUT2D eigenvalue weighted by Crippen LogP contribution is 2.89. The third-order valence-corrected chi connectivity index (χ3v) is 10.3. The lowest BCUT2D eigenvalue weighted by atomic mass is 9.26.